The molecule has 1 aromatic carbocycles. The molecule has 0 radical (unpaired) electrons. The molecule has 1 heterocycles. The van der Waals surface area contributed by atoms with E-state index in [0.29, 0.717) is 16.0 Å². The number of benzene rings is 1. The van der Waals surface area contributed by atoms with E-state index in [1.807, 2.05) is 6.92 Å². The highest BCUT2D eigenvalue weighted by Gasteiger charge is 2.05. The number of halogens is 1. The van der Waals surface area contributed by atoms with Crippen molar-refractivity contribution in [2.24, 2.45) is 0 Å². The first-order chi connectivity index (χ1) is 8.19. The second kappa shape index (κ2) is 5.33. The summed E-state index contributed by atoms with van der Waals surface area (Å²) >= 11 is 7.24. The molecule has 1 aromatic heterocycles. The van der Waals surface area contributed by atoms with Gasteiger partial charge in [-0.05, 0) is 30.0 Å². The molecule has 0 amide bonds. The van der Waals surface area contributed by atoms with E-state index in [0.717, 1.165) is 11.3 Å². The summed E-state index contributed by atoms with van der Waals surface area (Å²) < 4.78 is 0. The van der Waals surface area contributed by atoms with Crippen molar-refractivity contribution in [3.63, 3.8) is 0 Å². The van der Waals surface area contributed by atoms with Crippen LogP contribution in [0.4, 0.5) is 0 Å². The molecule has 1 N–H and O–H groups in total. The predicted octanol–water partition coefficient (Wildman–Crippen LogP) is 2.60. The molecule has 2 aromatic rings. The number of hydrogen-bond donors (Lipinski definition) is 1. The van der Waals surface area contributed by atoms with Gasteiger partial charge in [0.2, 0.25) is 0 Å². The molecule has 0 saturated heterocycles. The van der Waals surface area contributed by atoms with Crippen molar-refractivity contribution in [2.45, 2.75) is 12.1 Å². The van der Waals surface area contributed by atoms with Gasteiger partial charge >= 0.3 is 5.69 Å². The van der Waals surface area contributed by atoms with E-state index in [4.69, 9.17) is 11.6 Å². The summed E-state index contributed by atoms with van der Waals surface area (Å²) in [4.78, 5) is 22.0. The Bertz CT molecular complexity index is 568. The normalized spacial score (nSPS) is 10.5. The van der Waals surface area contributed by atoms with Gasteiger partial charge < -0.3 is 0 Å². The predicted molar refractivity (Wildman–Crippen MR) is 69.5 cm³/mol. The van der Waals surface area contributed by atoms with Crippen molar-refractivity contribution < 1.29 is 0 Å². The maximum absolute atomic E-state index is 11.4. The Labute approximate surface area is 107 Å². The minimum absolute atomic E-state index is 0.388. The standard InChI is InChI=1S/C11H10ClN3OS/c1-2-17-11-14-9(13-10(16)15-11)7-3-5-8(12)6-4-7/h3-6H,2H2,1H3,(H,13,14,15,16). The summed E-state index contributed by atoms with van der Waals surface area (Å²) in [5.41, 5.74) is 0.424. The van der Waals surface area contributed by atoms with Crippen molar-refractivity contribution in [1.82, 2.24) is 15.0 Å². The van der Waals surface area contributed by atoms with Gasteiger partial charge in [-0.3, -0.25) is 4.98 Å². The number of aromatic amines is 1. The fraction of sp³-hybridized carbons (Fsp3) is 0.182. The van der Waals surface area contributed by atoms with E-state index in [1.165, 1.54) is 11.8 Å². The van der Waals surface area contributed by atoms with Crippen LogP contribution in [0, 0.1) is 0 Å². The van der Waals surface area contributed by atoms with Crippen molar-refractivity contribution >= 4 is 23.4 Å². The Hall–Kier alpha value is -1.33. The summed E-state index contributed by atoms with van der Waals surface area (Å²) in [5.74, 6) is 1.33. The van der Waals surface area contributed by atoms with Crippen LogP contribution in [0.3, 0.4) is 0 Å². The van der Waals surface area contributed by atoms with Crippen LogP contribution < -0.4 is 5.69 Å². The summed E-state index contributed by atoms with van der Waals surface area (Å²) in [6, 6.07) is 7.12. The van der Waals surface area contributed by atoms with Gasteiger partial charge in [0, 0.05) is 10.6 Å². The van der Waals surface area contributed by atoms with Gasteiger partial charge in [-0.1, -0.05) is 30.3 Å². The van der Waals surface area contributed by atoms with Crippen LogP contribution in [-0.2, 0) is 0 Å². The molecule has 0 spiro atoms. The number of aromatic nitrogens is 3. The van der Waals surface area contributed by atoms with E-state index in [-0.39, 0.29) is 5.69 Å². The third-order valence-electron chi connectivity index (χ3n) is 2.02. The number of hydrogen-bond acceptors (Lipinski definition) is 4. The van der Waals surface area contributed by atoms with Crippen LogP contribution in [0.5, 0.6) is 0 Å². The molecule has 0 atom stereocenters. The Morgan fingerprint density at radius 1 is 1.29 bits per heavy atom. The molecule has 0 aliphatic carbocycles. The molecule has 0 aliphatic rings. The van der Waals surface area contributed by atoms with Gasteiger partial charge in [0.05, 0.1) is 0 Å². The van der Waals surface area contributed by atoms with E-state index in [1.54, 1.807) is 24.3 Å². The first-order valence-electron chi connectivity index (χ1n) is 5.06. The molecular weight excluding hydrogens is 258 g/mol. The third-order valence-corrected chi connectivity index (χ3v) is 3.00. The van der Waals surface area contributed by atoms with E-state index in [2.05, 4.69) is 15.0 Å². The van der Waals surface area contributed by atoms with E-state index in [9.17, 15) is 4.79 Å². The zero-order valence-electron chi connectivity index (χ0n) is 9.11. The van der Waals surface area contributed by atoms with Gasteiger partial charge in [0.15, 0.2) is 5.16 Å². The van der Waals surface area contributed by atoms with E-state index >= 15 is 0 Å². The molecule has 0 saturated carbocycles. The van der Waals surface area contributed by atoms with Crippen LogP contribution in [0.2, 0.25) is 5.02 Å². The quantitative estimate of drug-likeness (QED) is 0.869. The second-order valence-electron chi connectivity index (χ2n) is 3.22. The topological polar surface area (TPSA) is 58.6 Å². The molecule has 0 fully saturated rings. The average molecular weight is 268 g/mol. The fourth-order valence-corrected chi connectivity index (χ4v) is 1.99. The van der Waals surface area contributed by atoms with Crippen molar-refractivity contribution in [3.8, 4) is 11.4 Å². The van der Waals surface area contributed by atoms with Crippen LogP contribution in [0.1, 0.15) is 6.92 Å². The fourth-order valence-electron chi connectivity index (χ4n) is 1.30. The maximum atomic E-state index is 11.4. The van der Waals surface area contributed by atoms with Crippen molar-refractivity contribution in [3.05, 3.63) is 39.8 Å². The molecule has 17 heavy (non-hydrogen) atoms. The highest BCUT2D eigenvalue weighted by Crippen LogP contribution is 2.18. The molecule has 4 nitrogen and oxygen atoms in total. The van der Waals surface area contributed by atoms with Gasteiger partial charge in [0.25, 0.3) is 0 Å². The van der Waals surface area contributed by atoms with Crippen LogP contribution >= 0.6 is 23.4 Å². The number of nitrogens with zero attached hydrogens (tertiary/aromatic N) is 2. The Balaban J connectivity index is 2.44. The Morgan fingerprint density at radius 3 is 2.65 bits per heavy atom. The molecule has 0 unspecified atom stereocenters. The first-order valence-corrected chi connectivity index (χ1v) is 6.42. The summed E-state index contributed by atoms with van der Waals surface area (Å²) in [6.07, 6.45) is 0. The van der Waals surface area contributed by atoms with E-state index < -0.39 is 0 Å². The number of rotatable bonds is 3. The summed E-state index contributed by atoms with van der Waals surface area (Å²) in [5, 5.41) is 1.13. The van der Waals surface area contributed by atoms with Crippen LogP contribution in [0.25, 0.3) is 11.4 Å². The zero-order valence-corrected chi connectivity index (χ0v) is 10.7. The van der Waals surface area contributed by atoms with Gasteiger partial charge in [-0.2, -0.15) is 4.98 Å². The lowest BCUT2D eigenvalue weighted by molar-refractivity contribution is 0.870. The highest BCUT2D eigenvalue weighted by atomic mass is 35.5. The number of thioether (sulfide) groups is 1. The van der Waals surface area contributed by atoms with Crippen LogP contribution in [-0.4, -0.2) is 20.7 Å². The summed E-state index contributed by atoms with van der Waals surface area (Å²) in [7, 11) is 0. The second-order valence-corrected chi connectivity index (χ2v) is 4.89. The lowest BCUT2D eigenvalue weighted by Crippen LogP contribution is -2.14. The minimum atomic E-state index is -0.388. The minimum Gasteiger partial charge on any atom is -0.290 e. The smallest absolute Gasteiger partial charge is 0.290 e. The van der Waals surface area contributed by atoms with Gasteiger partial charge in [-0.15, -0.1) is 0 Å². The molecule has 6 heteroatoms. The lowest BCUT2D eigenvalue weighted by atomic mass is 10.2. The van der Waals surface area contributed by atoms with Gasteiger partial charge in [0.1, 0.15) is 5.82 Å². The third kappa shape index (κ3) is 3.08. The van der Waals surface area contributed by atoms with Crippen molar-refractivity contribution in [1.29, 1.82) is 0 Å². The molecular formula is C11H10ClN3OS. The van der Waals surface area contributed by atoms with Gasteiger partial charge in [-0.25, -0.2) is 9.78 Å². The SMILES string of the molecule is CCSc1nc(-c2ccc(Cl)cc2)[nH]c(=O)n1. The number of H-pyrrole nitrogens is 1. The highest BCUT2D eigenvalue weighted by molar-refractivity contribution is 7.99. The molecule has 0 bridgehead atoms. The monoisotopic (exact) mass is 267 g/mol. The average Bonchev–Trinajstić information content (AvgIpc) is 2.29. The zero-order chi connectivity index (χ0) is 12.3. The molecule has 2 rings (SSSR count). The largest absolute Gasteiger partial charge is 0.349 e. The van der Waals surface area contributed by atoms with Crippen molar-refractivity contribution in [2.75, 3.05) is 5.75 Å². The Kier molecular flexibility index (Phi) is 3.81. The Morgan fingerprint density at radius 2 is 2.00 bits per heavy atom. The lowest BCUT2D eigenvalue weighted by Gasteiger charge is -2.02. The summed E-state index contributed by atoms with van der Waals surface area (Å²) in [6.45, 7) is 1.98. The molecule has 88 valence electrons. The molecule has 0 aliphatic heterocycles. The first kappa shape index (κ1) is 12.1. The maximum Gasteiger partial charge on any atom is 0.349 e. The van der Waals surface area contributed by atoms with Crippen LogP contribution in [0.15, 0.2) is 34.2 Å². The number of nitrogens with one attached hydrogen (secondary N) is 1.